The quantitative estimate of drug-likeness (QED) is 0.521. The fourth-order valence-electron chi connectivity index (χ4n) is 4.10. The van der Waals surface area contributed by atoms with Gasteiger partial charge >= 0.3 is 5.97 Å². The molecular weight excluding hydrogens is 392 g/mol. The van der Waals surface area contributed by atoms with Gasteiger partial charge in [-0.1, -0.05) is 12.1 Å². The maximum Gasteiger partial charge on any atom is 0.340 e. The number of benzene rings is 1. The Morgan fingerprint density at radius 2 is 1.77 bits per heavy atom. The molecular formula is C25H30N2O4. The molecule has 1 amide bonds. The van der Waals surface area contributed by atoms with Crippen molar-refractivity contribution in [1.82, 2.24) is 9.47 Å². The molecule has 0 saturated heterocycles. The number of carbonyl (C=O) groups is 2. The summed E-state index contributed by atoms with van der Waals surface area (Å²) < 4.78 is 12.3. The summed E-state index contributed by atoms with van der Waals surface area (Å²) in [7, 11) is 2.91. The Hall–Kier alpha value is -3.12. The molecule has 0 saturated carbocycles. The molecule has 0 spiro atoms. The zero-order valence-electron chi connectivity index (χ0n) is 19.3. The van der Waals surface area contributed by atoms with Gasteiger partial charge < -0.3 is 18.9 Å². The third-order valence-electron chi connectivity index (χ3n) is 5.80. The number of esters is 1. The molecule has 0 atom stereocenters. The fraction of sp³-hybridized carbons (Fsp3) is 0.360. The first-order chi connectivity index (χ1) is 14.7. The number of aryl methyl sites for hydroxylation is 3. The Morgan fingerprint density at radius 1 is 1.06 bits per heavy atom. The summed E-state index contributed by atoms with van der Waals surface area (Å²) in [5.74, 6) is -0.730. The summed E-state index contributed by atoms with van der Waals surface area (Å²) in [5, 5.41) is 0. The van der Waals surface area contributed by atoms with Gasteiger partial charge in [-0.25, -0.2) is 4.79 Å². The van der Waals surface area contributed by atoms with E-state index in [1.807, 2.05) is 19.9 Å². The predicted molar refractivity (Wildman–Crippen MR) is 121 cm³/mol. The first kappa shape index (κ1) is 22.6. The number of carbonyl (C=O) groups excluding carboxylic acids is 2. The molecule has 0 unspecified atom stereocenters. The Labute approximate surface area is 183 Å². The van der Waals surface area contributed by atoms with Crippen LogP contribution in [0.4, 0.5) is 0 Å². The number of methoxy groups -OCH3 is 2. The summed E-state index contributed by atoms with van der Waals surface area (Å²) >= 11 is 0. The van der Waals surface area contributed by atoms with E-state index in [0.717, 1.165) is 22.6 Å². The van der Waals surface area contributed by atoms with Crippen molar-refractivity contribution < 1.29 is 19.1 Å². The second kappa shape index (κ2) is 8.94. The number of ether oxygens (including phenoxy) is 2. The number of amides is 1. The van der Waals surface area contributed by atoms with E-state index in [9.17, 15) is 9.59 Å². The number of nitrogens with zero attached hydrogens (tertiary/aromatic N) is 2. The molecule has 0 N–H and O–H groups in total. The van der Waals surface area contributed by atoms with Gasteiger partial charge in [0.2, 0.25) is 0 Å². The average Bonchev–Trinajstić information content (AvgIpc) is 3.14. The third-order valence-corrected chi connectivity index (χ3v) is 5.80. The van der Waals surface area contributed by atoms with Crippen LogP contribution in [0.2, 0.25) is 0 Å². The minimum atomic E-state index is -0.514. The second-order valence-corrected chi connectivity index (χ2v) is 7.91. The Bertz CT molecular complexity index is 1100. The number of hydrogen-bond donors (Lipinski definition) is 0. The summed E-state index contributed by atoms with van der Waals surface area (Å²) in [6, 6.07) is 8.40. The van der Waals surface area contributed by atoms with Crippen LogP contribution in [0.1, 0.15) is 35.0 Å². The third kappa shape index (κ3) is 4.08. The van der Waals surface area contributed by atoms with Gasteiger partial charge in [-0.15, -0.1) is 0 Å². The zero-order valence-corrected chi connectivity index (χ0v) is 19.3. The van der Waals surface area contributed by atoms with Gasteiger partial charge in [0.05, 0.1) is 24.9 Å². The van der Waals surface area contributed by atoms with Crippen molar-refractivity contribution in [3.05, 3.63) is 69.2 Å². The lowest BCUT2D eigenvalue weighted by Gasteiger charge is -2.16. The van der Waals surface area contributed by atoms with Crippen LogP contribution >= 0.6 is 0 Å². The summed E-state index contributed by atoms with van der Waals surface area (Å²) in [6.07, 6.45) is 1.80. The molecule has 6 nitrogen and oxygen atoms in total. The van der Waals surface area contributed by atoms with E-state index in [0.29, 0.717) is 30.0 Å². The first-order valence-corrected chi connectivity index (χ1v) is 10.3. The normalized spacial score (nSPS) is 15.4. The molecule has 1 aromatic carbocycles. The Kier molecular flexibility index (Phi) is 6.51. The van der Waals surface area contributed by atoms with Gasteiger partial charge in [-0.3, -0.25) is 4.79 Å². The highest BCUT2D eigenvalue weighted by Gasteiger charge is 2.37. The van der Waals surface area contributed by atoms with Gasteiger partial charge in [0.1, 0.15) is 0 Å². The van der Waals surface area contributed by atoms with Crippen molar-refractivity contribution >= 4 is 18.0 Å². The van der Waals surface area contributed by atoms with Crippen LogP contribution in [0, 0.1) is 27.7 Å². The largest absolute Gasteiger partial charge is 0.465 e. The molecule has 0 aliphatic carbocycles. The molecule has 164 valence electrons. The minimum absolute atomic E-state index is 0.216. The van der Waals surface area contributed by atoms with E-state index in [2.05, 4.69) is 36.6 Å². The molecule has 1 aromatic heterocycles. The fourth-order valence-corrected chi connectivity index (χ4v) is 4.10. The summed E-state index contributed by atoms with van der Waals surface area (Å²) in [5.41, 5.74) is 7.65. The molecule has 0 radical (unpaired) electrons. The van der Waals surface area contributed by atoms with Gasteiger partial charge in [-0.05, 0) is 69.5 Å². The average molecular weight is 423 g/mol. The van der Waals surface area contributed by atoms with Crippen molar-refractivity contribution in [3.8, 4) is 5.69 Å². The van der Waals surface area contributed by atoms with Crippen molar-refractivity contribution in [2.45, 2.75) is 34.6 Å². The van der Waals surface area contributed by atoms with Crippen molar-refractivity contribution in [3.63, 3.8) is 0 Å². The number of allylic oxidation sites excluding steroid dienone is 1. The lowest BCUT2D eigenvalue weighted by Crippen LogP contribution is -2.28. The van der Waals surface area contributed by atoms with Gasteiger partial charge in [-0.2, -0.15) is 0 Å². The molecule has 2 aromatic rings. The zero-order chi connectivity index (χ0) is 22.9. The SMILES string of the molecule is COCCN1C(=O)/C(=C\c2cc(C)n(-c3cc(C)ccc3C)c2C)C(C(=O)OC)=C1C. The molecule has 6 heteroatoms. The number of rotatable bonds is 6. The Morgan fingerprint density at radius 3 is 2.42 bits per heavy atom. The van der Waals surface area contributed by atoms with Gasteiger partial charge in [0, 0.05) is 36.4 Å². The highest BCUT2D eigenvalue weighted by atomic mass is 16.5. The first-order valence-electron chi connectivity index (χ1n) is 10.3. The summed E-state index contributed by atoms with van der Waals surface area (Å²) in [6.45, 7) is 10.7. The number of hydrogen-bond acceptors (Lipinski definition) is 4. The highest BCUT2D eigenvalue weighted by Crippen LogP contribution is 2.33. The molecule has 1 aliphatic rings. The van der Waals surface area contributed by atoms with E-state index in [1.54, 1.807) is 25.0 Å². The molecule has 31 heavy (non-hydrogen) atoms. The maximum atomic E-state index is 13.2. The summed E-state index contributed by atoms with van der Waals surface area (Å²) in [4.78, 5) is 27.3. The van der Waals surface area contributed by atoms with Gasteiger partial charge in [0.15, 0.2) is 0 Å². The standard InChI is InChI=1S/C25H30N2O4/c1-15-8-9-16(2)22(12-15)27-17(3)13-20(18(27)4)14-21-23(25(29)31-7)19(5)26(24(21)28)10-11-30-6/h8-9,12-14H,10-11H2,1-7H3/b21-14-. The van der Waals surface area contributed by atoms with Crippen LogP contribution in [-0.2, 0) is 19.1 Å². The lowest BCUT2D eigenvalue weighted by molar-refractivity contribution is -0.136. The lowest BCUT2D eigenvalue weighted by atomic mass is 10.0. The maximum absolute atomic E-state index is 13.2. The van der Waals surface area contributed by atoms with E-state index in [-0.39, 0.29) is 5.91 Å². The molecule has 0 bridgehead atoms. The minimum Gasteiger partial charge on any atom is -0.465 e. The predicted octanol–water partition coefficient (Wildman–Crippen LogP) is 4.03. The van der Waals surface area contributed by atoms with Crippen LogP contribution in [0.5, 0.6) is 0 Å². The monoisotopic (exact) mass is 422 g/mol. The molecule has 3 rings (SSSR count). The van der Waals surface area contributed by atoms with Crippen LogP contribution in [-0.4, -0.2) is 48.7 Å². The van der Waals surface area contributed by atoms with E-state index < -0.39 is 5.97 Å². The van der Waals surface area contributed by atoms with Crippen LogP contribution < -0.4 is 0 Å². The van der Waals surface area contributed by atoms with E-state index in [4.69, 9.17) is 9.47 Å². The van der Waals surface area contributed by atoms with Crippen molar-refractivity contribution in [2.75, 3.05) is 27.4 Å². The van der Waals surface area contributed by atoms with Crippen molar-refractivity contribution in [2.24, 2.45) is 0 Å². The highest BCUT2D eigenvalue weighted by molar-refractivity contribution is 6.16. The smallest absolute Gasteiger partial charge is 0.340 e. The molecule has 1 aliphatic heterocycles. The molecule has 0 fully saturated rings. The van der Waals surface area contributed by atoms with Crippen LogP contribution in [0.25, 0.3) is 11.8 Å². The second-order valence-electron chi connectivity index (χ2n) is 7.91. The van der Waals surface area contributed by atoms with E-state index >= 15 is 0 Å². The van der Waals surface area contributed by atoms with Gasteiger partial charge in [0.25, 0.3) is 5.91 Å². The van der Waals surface area contributed by atoms with Crippen molar-refractivity contribution in [1.29, 1.82) is 0 Å². The van der Waals surface area contributed by atoms with Crippen LogP contribution in [0.15, 0.2) is 41.1 Å². The number of aromatic nitrogens is 1. The Balaban J connectivity index is 2.13. The van der Waals surface area contributed by atoms with E-state index in [1.165, 1.54) is 18.2 Å². The molecule has 2 heterocycles. The van der Waals surface area contributed by atoms with Crippen LogP contribution in [0.3, 0.4) is 0 Å². The topological polar surface area (TPSA) is 60.8 Å².